The molecule has 10 heterocycles. The van der Waals surface area contributed by atoms with E-state index in [2.05, 4.69) is 255 Å². The van der Waals surface area contributed by atoms with Gasteiger partial charge in [-0.1, -0.05) is 393 Å². The summed E-state index contributed by atoms with van der Waals surface area (Å²) >= 11 is 0. The van der Waals surface area contributed by atoms with E-state index in [4.69, 9.17) is 17.8 Å². The van der Waals surface area contributed by atoms with Gasteiger partial charge in [0.1, 0.15) is 30.8 Å². The summed E-state index contributed by atoms with van der Waals surface area (Å²) in [5, 5.41) is 0. The molecule has 14 aromatic rings. The van der Waals surface area contributed by atoms with Crippen molar-refractivity contribution in [3.63, 3.8) is 0 Å². The maximum Gasteiger partial charge on any atom is 0.113 e. The number of rotatable bonds is 11. The first-order valence-electron chi connectivity index (χ1n) is 58.1. The largest absolute Gasteiger partial charge is 0.322 e. The molecule has 2 aliphatic carbocycles. The lowest BCUT2D eigenvalue weighted by Gasteiger charge is -2.41. The predicted molar refractivity (Wildman–Crippen MR) is 630 cm³/mol. The molecule has 147 heavy (non-hydrogen) atoms. The van der Waals surface area contributed by atoms with Crippen LogP contribution in [0, 0.1) is 46.5 Å². The van der Waals surface area contributed by atoms with Crippen LogP contribution in [0.5, 0.6) is 0 Å². The van der Waals surface area contributed by atoms with Crippen LogP contribution in [0.3, 0.4) is 0 Å². The lowest BCUT2D eigenvalue weighted by atomic mass is 9.64. The Labute approximate surface area is 901 Å². The molecule has 12 aliphatic rings. The molecule has 0 amide bonds. The molecule has 0 bridgehead atoms. The van der Waals surface area contributed by atoms with E-state index in [9.17, 15) is 1.37 Å². The topological polar surface area (TPSA) is 32.4 Å². The van der Waals surface area contributed by atoms with Gasteiger partial charge in [-0.2, -0.15) is 0 Å². The molecule has 10 heteroatoms. The molecular formula is C137H158N10. The number of hydrogen-bond acceptors (Lipinski definition) is 10. The summed E-state index contributed by atoms with van der Waals surface area (Å²) in [7, 11) is 0. The summed E-state index contributed by atoms with van der Waals surface area (Å²) in [6.07, 6.45) is 8.55. The van der Waals surface area contributed by atoms with Crippen LogP contribution < -0.4 is 49.0 Å². The van der Waals surface area contributed by atoms with Gasteiger partial charge < -0.3 is 49.0 Å². The summed E-state index contributed by atoms with van der Waals surface area (Å²) in [6, 6.07) is 124. The number of benzene rings is 14. The molecule has 0 spiro atoms. The SMILES string of the molecule is C.C.C.C.C.CC1=C2N(c3ccccc3C2(C)C)C(C2CCCCC2)N1c1ccccc1C.[2H]C([2H])([2H])C1N(c2ccccc2C)C(C)=C2N1c1ccccc1C2(c1ccccc1)C1CCCC1.[2H]C([2H])([2H])C1N(c2ccccc2C)C(C)=C2N1c1ccccc1C2(c1ccccc1)c1ccccc1.[2H]C1(C)C2=C(C)N(c3ccccc3C)C(C([2H])([2H])[2H])N2c2ccccc21.[2H]C1(c2ccccc2)C2=C(C)N(c3ccccc3C)C(C([2H])([2H])[2H])N2c2ccccc21. The third-order valence-electron chi connectivity index (χ3n) is 32.7. The van der Waals surface area contributed by atoms with E-state index < -0.39 is 69.3 Å². The van der Waals surface area contributed by atoms with Gasteiger partial charge in [0, 0.05) is 127 Å². The van der Waals surface area contributed by atoms with Crippen molar-refractivity contribution in [3.8, 4) is 0 Å². The Morgan fingerprint density at radius 3 is 1.03 bits per heavy atom. The van der Waals surface area contributed by atoms with Gasteiger partial charge in [0.2, 0.25) is 0 Å². The zero-order valence-corrected chi connectivity index (χ0v) is 84.0. The van der Waals surface area contributed by atoms with Crippen molar-refractivity contribution in [3.05, 3.63) is 499 Å². The van der Waals surface area contributed by atoms with Crippen molar-refractivity contribution in [2.24, 2.45) is 11.8 Å². The van der Waals surface area contributed by atoms with Gasteiger partial charge in [-0.25, -0.2) is 0 Å². The number of fused-ring (bicyclic) bond motifs is 15. The lowest BCUT2D eigenvalue weighted by molar-refractivity contribution is 0.306. The van der Waals surface area contributed by atoms with Crippen LogP contribution in [0.1, 0.15) is 287 Å². The molecule has 8 unspecified atom stereocenters. The zero-order chi connectivity index (χ0) is 110. The number of anilines is 10. The molecule has 2 fully saturated rings. The Kier molecular flexibility index (Phi) is 24.8. The maximum atomic E-state index is 9.75. The van der Waals surface area contributed by atoms with Crippen molar-refractivity contribution in [2.75, 3.05) is 49.0 Å². The average molecular weight is 1960 g/mol. The van der Waals surface area contributed by atoms with Gasteiger partial charge in [0.25, 0.3) is 0 Å². The molecule has 756 valence electrons. The minimum Gasteiger partial charge on any atom is -0.322 e. The molecule has 2 saturated carbocycles. The van der Waals surface area contributed by atoms with Crippen molar-refractivity contribution in [1.82, 2.24) is 0 Å². The van der Waals surface area contributed by atoms with Crippen LogP contribution in [0.25, 0.3) is 0 Å². The van der Waals surface area contributed by atoms with Gasteiger partial charge in [0.15, 0.2) is 0 Å². The number of hydrogen-bond donors (Lipinski definition) is 0. The summed E-state index contributed by atoms with van der Waals surface area (Å²) in [5.41, 5.74) is 34.6. The number of allylic oxidation sites excluding steroid dienone is 10. The molecule has 14 aromatic carbocycles. The van der Waals surface area contributed by atoms with Crippen molar-refractivity contribution in [1.29, 1.82) is 0 Å². The highest BCUT2D eigenvalue weighted by Crippen LogP contribution is 2.66. The molecular weight excluding hydrogens is 1790 g/mol. The summed E-state index contributed by atoms with van der Waals surface area (Å²) in [6.45, 7) is 18.5. The second-order valence-corrected chi connectivity index (χ2v) is 40.8. The van der Waals surface area contributed by atoms with E-state index in [-0.39, 0.29) is 48.0 Å². The zero-order valence-electron chi connectivity index (χ0n) is 98.0. The standard InChI is InChI=1S/C31H28N2.C30H32N2.C26H32N2.C25H24N2.C20H22N2.5CH4/c1-22-14-10-12-20-28(22)32-23(2)30-31(25-15-6-4-7-16-25,26-17-8-5-9-18-26)27-19-11-13-21-29(27)33(30)24(32)3;1-21-13-7-11-19-27(21)31-22(2)29-30(25-16-8-9-17-25,24-14-5-4-6-15-24)26-18-10-12-20-28(26)32(29)23(31)3;1-18-12-8-10-16-22(18)27-19(2)24-26(3,4)21-15-9-11-17-23(21)28(24)25(27)20-13-6-5-7-14-20;1-17-11-7-9-15-22(17)26-18(2)25-24(20-12-5-4-6-13-20)21-14-8-10-16-23(21)27(25)19(26)3;1-13-9-5-7-11-18(13)21-15(3)20-14(2)17-10-6-8-12-19(17)22(20)16(21)4;;;;;/h4-21,24H,1-3H3;4-7,10-15,18-20,23,25H,8-9,16-17H2,1-3H3;8-12,15-17,20,25H,5-7,13-14H2,1-4H3;4-16,19,24H,1-3H3;5-12,14,16H,1-4H3;5*1H4/i2*3D3;;3D3,24D;4D3,14D;;;;;. The molecule has 0 saturated heterocycles. The van der Waals surface area contributed by atoms with E-state index in [0.717, 1.165) is 154 Å². The highest BCUT2D eigenvalue weighted by Gasteiger charge is 2.61. The molecule has 10 nitrogen and oxygen atoms in total. The van der Waals surface area contributed by atoms with Crippen molar-refractivity contribution in [2.45, 2.75) is 271 Å². The molecule has 8 atom stereocenters. The van der Waals surface area contributed by atoms with Crippen molar-refractivity contribution < 1.29 is 19.2 Å². The summed E-state index contributed by atoms with van der Waals surface area (Å²) in [5.74, 6) is -1.04. The van der Waals surface area contributed by atoms with E-state index in [0.29, 0.717) is 23.7 Å². The van der Waals surface area contributed by atoms with E-state index in [1.807, 2.05) is 248 Å². The Hall–Kier alpha value is -14.2. The van der Waals surface area contributed by atoms with E-state index in [1.54, 1.807) is 0 Å². The first-order valence-corrected chi connectivity index (χ1v) is 51.1. The highest BCUT2D eigenvalue weighted by atomic mass is 15.5. The maximum absolute atomic E-state index is 9.75. The van der Waals surface area contributed by atoms with Gasteiger partial charge in [0.05, 0.1) is 33.8 Å². The molecule has 26 rings (SSSR count). The third kappa shape index (κ3) is 16.5. The fourth-order valence-electron chi connectivity index (χ4n) is 26.7. The Morgan fingerprint density at radius 2 is 0.571 bits per heavy atom. The summed E-state index contributed by atoms with van der Waals surface area (Å²) < 4.78 is 121. The fraction of sp³-hybridized carbons (Fsp3) is 0.314. The van der Waals surface area contributed by atoms with Gasteiger partial charge in [-0.15, -0.1) is 0 Å². The van der Waals surface area contributed by atoms with Gasteiger partial charge in [-0.3, -0.25) is 0 Å². The monoisotopic (exact) mass is 1960 g/mol. The normalized spacial score (nSPS) is 24.2. The van der Waals surface area contributed by atoms with E-state index >= 15 is 0 Å². The predicted octanol–water partition coefficient (Wildman–Crippen LogP) is 35.6. The number of aryl methyl sites for hydroxylation is 5. The van der Waals surface area contributed by atoms with Crippen LogP contribution in [0.2, 0.25) is 0 Å². The Bertz CT molecular complexity index is 7870. The third-order valence-corrected chi connectivity index (χ3v) is 32.7. The van der Waals surface area contributed by atoms with Crippen LogP contribution >= 0.6 is 0 Å². The average Bonchev–Trinajstić information content (AvgIpc) is 1.50. The van der Waals surface area contributed by atoms with Crippen molar-refractivity contribution >= 4 is 56.9 Å². The van der Waals surface area contributed by atoms with Crippen LogP contribution in [-0.2, 0) is 16.2 Å². The fourth-order valence-corrected chi connectivity index (χ4v) is 26.7. The van der Waals surface area contributed by atoms with Crippen LogP contribution in [-0.4, -0.2) is 30.8 Å². The van der Waals surface area contributed by atoms with Crippen LogP contribution in [0.4, 0.5) is 56.9 Å². The van der Waals surface area contributed by atoms with Gasteiger partial charge >= 0.3 is 0 Å². The quantitative estimate of drug-likeness (QED) is 0.125. The minimum atomic E-state index is -2.29. The molecule has 0 radical (unpaired) electrons. The highest BCUT2D eigenvalue weighted by molar-refractivity contribution is 5.88. The number of para-hydroxylation sites is 10. The molecule has 0 N–H and O–H groups in total. The number of nitrogens with zero attached hydrogens (tertiary/aromatic N) is 10. The second kappa shape index (κ2) is 42.0. The first-order chi connectivity index (χ1) is 74.7. The second-order valence-electron chi connectivity index (χ2n) is 40.8. The minimum absolute atomic E-state index is 0. The van der Waals surface area contributed by atoms with Crippen LogP contribution in [0.15, 0.2) is 421 Å². The summed E-state index contributed by atoms with van der Waals surface area (Å²) in [4.78, 5) is 21.3. The molecule has 0 aromatic heterocycles. The van der Waals surface area contributed by atoms with Gasteiger partial charge in [-0.05, 0) is 273 Å². The van der Waals surface area contributed by atoms with E-state index in [1.165, 1.54) is 90.0 Å². The smallest absolute Gasteiger partial charge is 0.113 e. The lowest BCUT2D eigenvalue weighted by Crippen LogP contribution is -2.46. The Balaban J connectivity index is 0.000000135. The Morgan fingerprint density at radius 1 is 0.259 bits per heavy atom. The molecule has 10 aliphatic heterocycles. The first kappa shape index (κ1) is 87.0.